The quantitative estimate of drug-likeness (QED) is 0.648. The molecule has 5 unspecified atom stereocenters. The average Bonchev–Trinajstić information content (AvgIpc) is 3.28. The van der Waals surface area contributed by atoms with Gasteiger partial charge in [0.25, 0.3) is 0 Å². The Hall–Kier alpha value is -1.30. The van der Waals surface area contributed by atoms with Crippen LogP contribution < -0.4 is 5.32 Å². The molecule has 6 heteroatoms. The average molecular weight is 350 g/mol. The Labute approximate surface area is 147 Å². The number of halogens is 1. The summed E-state index contributed by atoms with van der Waals surface area (Å²) in [6, 6.07) is 7.35. The van der Waals surface area contributed by atoms with E-state index in [1.165, 1.54) is 12.8 Å². The smallest absolute Gasteiger partial charge is 0.193 e. The molecule has 130 valence electrons. The molecule has 0 amide bonds. The lowest BCUT2D eigenvalue weighted by Crippen LogP contribution is -2.42. The van der Waals surface area contributed by atoms with E-state index in [0.29, 0.717) is 35.6 Å². The minimum absolute atomic E-state index is 0.419. The van der Waals surface area contributed by atoms with Crippen LogP contribution in [0.2, 0.25) is 5.02 Å². The number of ether oxygens (including phenoxy) is 1. The molecule has 4 rings (SSSR count). The lowest BCUT2D eigenvalue weighted by molar-refractivity contribution is 0.0766. The lowest BCUT2D eigenvalue weighted by Gasteiger charge is -2.24. The van der Waals surface area contributed by atoms with Gasteiger partial charge in [-0.05, 0) is 30.5 Å². The van der Waals surface area contributed by atoms with Crippen molar-refractivity contribution in [2.24, 2.45) is 16.8 Å². The summed E-state index contributed by atoms with van der Waals surface area (Å²) in [5, 5.41) is 14.3. The monoisotopic (exact) mass is 349 g/mol. The molecular weight excluding hydrogens is 326 g/mol. The summed E-state index contributed by atoms with van der Waals surface area (Å²) in [4.78, 5) is 6.72. The second-order valence-electron chi connectivity index (χ2n) is 7.02. The molecule has 24 heavy (non-hydrogen) atoms. The highest BCUT2D eigenvalue weighted by Crippen LogP contribution is 2.47. The highest BCUT2D eigenvalue weighted by molar-refractivity contribution is 6.30. The fourth-order valence-corrected chi connectivity index (χ4v) is 4.68. The van der Waals surface area contributed by atoms with Crippen LogP contribution in [0.3, 0.4) is 0 Å². The fraction of sp³-hybridized carbons (Fsp3) is 0.611. The van der Waals surface area contributed by atoms with Crippen LogP contribution in [0.15, 0.2) is 29.3 Å². The summed E-state index contributed by atoms with van der Waals surface area (Å²) < 4.78 is 6.03. The van der Waals surface area contributed by atoms with E-state index in [0.717, 1.165) is 24.6 Å². The highest BCUT2D eigenvalue weighted by atomic mass is 35.5. The van der Waals surface area contributed by atoms with Gasteiger partial charge in [-0.1, -0.05) is 23.7 Å². The van der Waals surface area contributed by atoms with Crippen LogP contribution in [0.1, 0.15) is 24.5 Å². The maximum atomic E-state index is 10.4. The van der Waals surface area contributed by atoms with Crippen LogP contribution in [-0.4, -0.2) is 54.9 Å². The summed E-state index contributed by atoms with van der Waals surface area (Å²) >= 11 is 5.99. The van der Waals surface area contributed by atoms with Crippen LogP contribution in [0.5, 0.6) is 0 Å². The molecule has 0 saturated carbocycles. The van der Waals surface area contributed by atoms with Crippen LogP contribution in [0.25, 0.3) is 0 Å². The van der Waals surface area contributed by atoms with Gasteiger partial charge in [-0.2, -0.15) is 0 Å². The molecular formula is C18H24ClN3O2. The largest absolute Gasteiger partial charge is 0.387 e. The zero-order valence-corrected chi connectivity index (χ0v) is 14.6. The summed E-state index contributed by atoms with van der Waals surface area (Å²) in [7, 11) is 1.80. The molecule has 3 saturated heterocycles. The van der Waals surface area contributed by atoms with Crippen molar-refractivity contribution in [3.05, 3.63) is 34.9 Å². The van der Waals surface area contributed by atoms with Gasteiger partial charge in [-0.25, -0.2) is 0 Å². The number of rotatable bonds is 3. The van der Waals surface area contributed by atoms with Crippen molar-refractivity contribution in [1.29, 1.82) is 0 Å². The van der Waals surface area contributed by atoms with Gasteiger partial charge in [0.1, 0.15) is 0 Å². The molecule has 5 nitrogen and oxygen atoms in total. The summed E-state index contributed by atoms with van der Waals surface area (Å²) in [5.74, 6) is 2.14. The van der Waals surface area contributed by atoms with Crippen molar-refractivity contribution in [3.8, 4) is 0 Å². The lowest BCUT2D eigenvalue weighted by atomic mass is 9.82. The molecule has 0 spiro atoms. The van der Waals surface area contributed by atoms with Gasteiger partial charge >= 0.3 is 0 Å². The van der Waals surface area contributed by atoms with Crippen molar-refractivity contribution in [2.75, 3.05) is 26.7 Å². The number of likely N-dealkylation sites (tertiary alicyclic amines) is 1. The zero-order valence-electron chi connectivity index (χ0n) is 13.9. The van der Waals surface area contributed by atoms with Gasteiger partial charge in [0.05, 0.1) is 18.3 Å². The number of aliphatic hydroxyl groups is 1. The van der Waals surface area contributed by atoms with Crippen LogP contribution in [0.4, 0.5) is 0 Å². The van der Waals surface area contributed by atoms with E-state index >= 15 is 0 Å². The number of nitrogens with one attached hydrogen (secondary N) is 1. The Kier molecular flexibility index (Phi) is 4.41. The van der Waals surface area contributed by atoms with Gasteiger partial charge in [-0.15, -0.1) is 0 Å². The molecule has 5 atom stereocenters. The summed E-state index contributed by atoms with van der Waals surface area (Å²) in [6.07, 6.45) is 2.70. The number of aliphatic hydroxyl groups excluding tert-OH is 1. The van der Waals surface area contributed by atoms with Gasteiger partial charge < -0.3 is 20.1 Å². The Balaban J connectivity index is 1.35. The number of benzene rings is 1. The highest BCUT2D eigenvalue weighted by Gasteiger charge is 2.53. The summed E-state index contributed by atoms with van der Waals surface area (Å²) in [5.41, 5.74) is 0.815. The minimum Gasteiger partial charge on any atom is -0.387 e. The number of hydrogen-bond acceptors (Lipinski definition) is 3. The van der Waals surface area contributed by atoms with Gasteiger partial charge in [0.2, 0.25) is 0 Å². The van der Waals surface area contributed by atoms with Crippen LogP contribution >= 0.6 is 11.6 Å². The van der Waals surface area contributed by atoms with E-state index in [2.05, 4.69) is 15.2 Å². The van der Waals surface area contributed by atoms with E-state index in [1.54, 1.807) is 13.1 Å². The van der Waals surface area contributed by atoms with E-state index in [1.807, 2.05) is 18.2 Å². The molecule has 2 bridgehead atoms. The zero-order chi connectivity index (χ0) is 16.7. The first-order valence-electron chi connectivity index (χ1n) is 8.70. The van der Waals surface area contributed by atoms with Crippen molar-refractivity contribution >= 4 is 17.6 Å². The van der Waals surface area contributed by atoms with E-state index in [-0.39, 0.29) is 0 Å². The van der Waals surface area contributed by atoms with Crippen molar-refractivity contribution < 1.29 is 9.84 Å². The Morgan fingerprint density at radius 1 is 1.38 bits per heavy atom. The molecule has 3 aliphatic heterocycles. The molecule has 1 aromatic carbocycles. The first kappa shape index (κ1) is 16.2. The second-order valence-corrected chi connectivity index (χ2v) is 7.46. The van der Waals surface area contributed by atoms with Crippen LogP contribution in [-0.2, 0) is 4.74 Å². The van der Waals surface area contributed by atoms with Gasteiger partial charge in [0.15, 0.2) is 5.96 Å². The molecule has 3 fully saturated rings. The third-order valence-electron chi connectivity index (χ3n) is 5.65. The van der Waals surface area contributed by atoms with Crippen LogP contribution in [0, 0.1) is 11.8 Å². The maximum absolute atomic E-state index is 10.4. The van der Waals surface area contributed by atoms with Crippen molar-refractivity contribution in [1.82, 2.24) is 10.2 Å². The van der Waals surface area contributed by atoms with E-state index in [4.69, 9.17) is 16.3 Å². The topological polar surface area (TPSA) is 57.1 Å². The number of guanidine groups is 1. The molecule has 0 aromatic heterocycles. The Bertz CT molecular complexity index is 620. The standard InChI is InChI=1S/C18H24ClN3O2/c1-20-18(21-8-15(23)11-3-2-4-12(19)7-11)22-9-13-14(10-22)17-6-5-16(13)24-17/h2-4,7,13-17,23H,5-6,8-10H2,1H3,(H,20,21). The molecule has 0 aliphatic carbocycles. The third-order valence-corrected chi connectivity index (χ3v) is 5.89. The molecule has 3 aliphatic rings. The van der Waals surface area contributed by atoms with E-state index in [9.17, 15) is 5.11 Å². The molecule has 0 radical (unpaired) electrons. The fourth-order valence-electron chi connectivity index (χ4n) is 4.48. The van der Waals surface area contributed by atoms with E-state index < -0.39 is 6.10 Å². The number of fused-ring (bicyclic) bond motifs is 5. The second kappa shape index (κ2) is 6.54. The number of aliphatic imine (C=N–C) groups is 1. The predicted molar refractivity (Wildman–Crippen MR) is 94.2 cm³/mol. The number of hydrogen-bond donors (Lipinski definition) is 2. The molecule has 1 aromatic rings. The Morgan fingerprint density at radius 2 is 2.08 bits per heavy atom. The minimum atomic E-state index is -0.609. The first-order valence-corrected chi connectivity index (χ1v) is 9.08. The SMILES string of the molecule is CN=C(NCC(O)c1cccc(Cl)c1)N1CC2C3CCC(O3)C2C1. The third kappa shape index (κ3) is 2.89. The summed E-state index contributed by atoms with van der Waals surface area (Å²) in [6.45, 7) is 2.42. The van der Waals surface area contributed by atoms with Crippen molar-refractivity contribution in [2.45, 2.75) is 31.2 Å². The normalized spacial score (nSPS) is 33.0. The first-order chi connectivity index (χ1) is 11.7. The van der Waals surface area contributed by atoms with Gasteiger partial charge in [-0.3, -0.25) is 4.99 Å². The predicted octanol–water partition coefficient (Wildman–Crippen LogP) is 2.06. The maximum Gasteiger partial charge on any atom is 0.193 e. The molecule has 3 heterocycles. The number of nitrogens with zero attached hydrogens (tertiary/aromatic N) is 2. The van der Waals surface area contributed by atoms with Crippen molar-refractivity contribution in [3.63, 3.8) is 0 Å². The molecule has 2 N–H and O–H groups in total. The van der Waals surface area contributed by atoms with Gasteiger partial charge in [0, 0.05) is 43.5 Å². The Morgan fingerprint density at radius 3 is 2.71 bits per heavy atom.